The molecular weight excluding hydrogens is 202 g/mol. The maximum Gasteiger partial charge on any atom is 0.158 e. The van der Waals surface area contributed by atoms with Crippen molar-refractivity contribution in [2.24, 2.45) is 7.05 Å². The van der Waals surface area contributed by atoms with Gasteiger partial charge in [-0.1, -0.05) is 0 Å². The van der Waals surface area contributed by atoms with Crippen molar-refractivity contribution in [1.82, 2.24) is 19.5 Å². The molecule has 16 heavy (non-hydrogen) atoms. The number of hydrogen-bond acceptors (Lipinski definition) is 4. The normalized spacial score (nSPS) is 10.4. The predicted molar refractivity (Wildman–Crippen MR) is 63.1 cm³/mol. The third-order valence-electron chi connectivity index (χ3n) is 2.46. The summed E-state index contributed by atoms with van der Waals surface area (Å²) in [7, 11) is 1.96. The van der Waals surface area contributed by atoms with Crippen LogP contribution in [0.25, 0.3) is 11.5 Å². The average molecular weight is 217 g/mol. The summed E-state index contributed by atoms with van der Waals surface area (Å²) in [6.07, 6.45) is 5.24. The molecule has 5 heteroatoms. The van der Waals surface area contributed by atoms with Gasteiger partial charge in [0.05, 0.1) is 0 Å². The molecule has 0 saturated heterocycles. The van der Waals surface area contributed by atoms with E-state index in [1.807, 2.05) is 31.7 Å². The SMILES string of the molecule is CCNc1ncnc(-c2nccn2C)c1C. The van der Waals surface area contributed by atoms with Gasteiger partial charge in [-0.05, 0) is 13.8 Å². The van der Waals surface area contributed by atoms with Gasteiger partial charge in [-0.3, -0.25) is 0 Å². The zero-order chi connectivity index (χ0) is 11.5. The first kappa shape index (κ1) is 10.6. The molecule has 0 bridgehead atoms. The minimum Gasteiger partial charge on any atom is -0.370 e. The minimum absolute atomic E-state index is 0.845. The van der Waals surface area contributed by atoms with E-state index in [1.54, 1.807) is 12.5 Å². The zero-order valence-electron chi connectivity index (χ0n) is 9.73. The van der Waals surface area contributed by atoms with E-state index in [0.29, 0.717) is 0 Å². The third kappa shape index (κ3) is 1.76. The van der Waals surface area contributed by atoms with E-state index in [-0.39, 0.29) is 0 Å². The standard InChI is InChI=1S/C11H15N5/c1-4-12-10-8(2)9(14-7-15-10)11-13-5-6-16(11)3/h5-7H,4H2,1-3H3,(H,12,14,15). The summed E-state index contributed by atoms with van der Waals surface area (Å²) in [6.45, 7) is 4.89. The fraction of sp³-hybridized carbons (Fsp3) is 0.364. The van der Waals surface area contributed by atoms with Crippen molar-refractivity contribution in [1.29, 1.82) is 0 Å². The third-order valence-corrected chi connectivity index (χ3v) is 2.46. The minimum atomic E-state index is 0.845. The number of aromatic nitrogens is 4. The number of imidazole rings is 1. The lowest BCUT2D eigenvalue weighted by molar-refractivity contribution is 0.911. The Hall–Kier alpha value is -1.91. The first-order valence-corrected chi connectivity index (χ1v) is 5.27. The van der Waals surface area contributed by atoms with E-state index in [2.05, 4.69) is 20.3 Å². The summed E-state index contributed by atoms with van der Waals surface area (Å²) in [4.78, 5) is 12.8. The van der Waals surface area contributed by atoms with E-state index >= 15 is 0 Å². The Labute approximate surface area is 94.6 Å². The fourth-order valence-corrected chi connectivity index (χ4v) is 1.62. The van der Waals surface area contributed by atoms with Gasteiger partial charge in [0, 0.05) is 31.5 Å². The molecule has 0 radical (unpaired) electrons. The molecule has 0 aromatic carbocycles. The van der Waals surface area contributed by atoms with Gasteiger partial charge >= 0.3 is 0 Å². The highest BCUT2D eigenvalue weighted by Gasteiger charge is 2.11. The molecule has 0 aliphatic rings. The summed E-state index contributed by atoms with van der Waals surface area (Å²) in [5.74, 6) is 1.73. The Morgan fingerprint density at radius 2 is 2.12 bits per heavy atom. The number of nitrogens with zero attached hydrogens (tertiary/aromatic N) is 4. The molecule has 0 fully saturated rings. The van der Waals surface area contributed by atoms with E-state index in [0.717, 1.165) is 29.4 Å². The molecule has 0 aliphatic heterocycles. The van der Waals surface area contributed by atoms with Crippen LogP contribution in [0.1, 0.15) is 12.5 Å². The Morgan fingerprint density at radius 3 is 2.75 bits per heavy atom. The van der Waals surface area contributed by atoms with Crippen molar-refractivity contribution in [3.8, 4) is 11.5 Å². The highest BCUT2D eigenvalue weighted by molar-refractivity contribution is 5.62. The van der Waals surface area contributed by atoms with E-state index in [9.17, 15) is 0 Å². The van der Waals surface area contributed by atoms with Crippen LogP contribution < -0.4 is 5.32 Å². The Balaban J connectivity index is 2.50. The largest absolute Gasteiger partial charge is 0.370 e. The lowest BCUT2D eigenvalue weighted by Crippen LogP contribution is -2.05. The van der Waals surface area contributed by atoms with Crippen LogP contribution in [0.4, 0.5) is 5.82 Å². The van der Waals surface area contributed by atoms with E-state index in [1.165, 1.54) is 0 Å². The van der Waals surface area contributed by atoms with E-state index < -0.39 is 0 Å². The van der Waals surface area contributed by atoms with E-state index in [4.69, 9.17) is 0 Å². The first-order chi connectivity index (χ1) is 7.74. The highest BCUT2D eigenvalue weighted by atomic mass is 15.1. The topological polar surface area (TPSA) is 55.6 Å². The van der Waals surface area contributed by atoms with Crippen molar-refractivity contribution >= 4 is 5.82 Å². The van der Waals surface area contributed by atoms with Gasteiger partial charge in [-0.2, -0.15) is 0 Å². The number of rotatable bonds is 3. The maximum absolute atomic E-state index is 4.29. The smallest absolute Gasteiger partial charge is 0.158 e. The second kappa shape index (κ2) is 4.30. The molecule has 0 atom stereocenters. The monoisotopic (exact) mass is 217 g/mol. The number of aryl methyl sites for hydroxylation is 1. The maximum atomic E-state index is 4.29. The lowest BCUT2D eigenvalue weighted by Gasteiger charge is -2.09. The summed E-state index contributed by atoms with van der Waals surface area (Å²) in [5.41, 5.74) is 1.90. The number of nitrogens with one attached hydrogen (secondary N) is 1. The van der Waals surface area contributed by atoms with Crippen molar-refractivity contribution in [3.05, 3.63) is 24.3 Å². The van der Waals surface area contributed by atoms with Gasteiger partial charge < -0.3 is 9.88 Å². The van der Waals surface area contributed by atoms with Crippen molar-refractivity contribution in [3.63, 3.8) is 0 Å². The highest BCUT2D eigenvalue weighted by Crippen LogP contribution is 2.22. The van der Waals surface area contributed by atoms with Gasteiger partial charge in [-0.15, -0.1) is 0 Å². The van der Waals surface area contributed by atoms with Gasteiger partial charge in [0.2, 0.25) is 0 Å². The number of anilines is 1. The second-order valence-electron chi connectivity index (χ2n) is 3.59. The van der Waals surface area contributed by atoms with Crippen LogP contribution in [0.3, 0.4) is 0 Å². The average Bonchev–Trinajstić information content (AvgIpc) is 2.68. The molecule has 0 saturated carbocycles. The molecular formula is C11H15N5. The second-order valence-corrected chi connectivity index (χ2v) is 3.59. The van der Waals surface area contributed by atoms with Crippen LogP contribution in [0.2, 0.25) is 0 Å². The van der Waals surface area contributed by atoms with Crippen LogP contribution in [0, 0.1) is 6.92 Å². The Kier molecular flexibility index (Phi) is 2.85. The lowest BCUT2D eigenvalue weighted by atomic mass is 10.2. The van der Waals surface area contributed by atoms with Crippen LogP contribution in [0.15, 0.2) is 18.7 Å². The molecule has 2 aromatic rings. The Bertz CT molecular complexity index is 489. The summed E-state index contributed by atoms with van der Waals surface area (Å²) in [5, 5.41) is 3.21. The molecule has 84 valence electrons. The van der Waals surface area contributed by atoms with Crippen molar-refractivity contribution in [2.45, 2.75) is 13.8 Å². The molecule has 2 aromatic heterocycles. The van der Waals surface area contributed by atoms with Crippen LogP contribution >= 0.6 is 0 Å². The fourth-order valence-electron chi connectivity index (χ4n) is 1.62. The van der Waals surface area contributed by atoms with Gasteiger partial charge in [0.25, 0.3) is 0 Å². The molecule has 5 nitrogen and oxygen atoms in total. The van der Waals surface area contributed by atoms with Crippen molar-refractivity contribution < 1.29 is 0 Å². The quantitative estimate of drug-likeness (QED) is 0.848. The molecule has 0 unspecified atom stereocenters. The number of hydrogen-bond donors (Lipinski definition) is 1. The van der Waals surface area contributed by atoms with Crippen molar-refractivity contribution in [2.75, 3.05) is 11.9 Å². The molecule has 0 spiro atoms. The van der Waals surface area contributed by atoms with Crippen LogP contribution in [-0.2, 0) is 7.05 Å². The van der Waals surface area contributed by atoms with Gasteiger partial charge in [0.1, 0.15) is 17.8 Å². The van der Waals surface area contributed by atoms with Crippen LogP contribution in [-0.4, -0.2) is 26.1 Å². The predicted octanol–water partition coefficient (Wildman–Crippen LogP) is 1.62. The molecule has 0 amide bonds. The summed E-state index contributed by atoms with van der Waals surface area (Å²) < 4.78 is 1.95. The summed E-state index contributed by atoms with van der Waals surface area (Å²) in [6, 6.07) is 0. The molecule has 1 N–H and O–H groups in total. The molecule has 2 heterocycles. The first-order valence-electron chi connectivity index (χ1n) is 5.27. The van der Waals surface area contributed by atoms with Gasteiger partial charge in [0.15, 0.2) is 5.82 Å². The molecule has 0 aliphatic carbocycles. The summed E-state index contributed by atoms with van der Waals surface area (Å²) >= 11 is 0. The Morgan fingerprint density at radius 1 is 1.31 bits per heavy atom. The molecule has 2 rings (SSSR count). The zero-order valence-corrected chi connectivity index (χ0v) is 9.73. The van der Waals surface area contributed by atoms with Crippen LogP contribution in [0.5, 0.6) is 0 Å². The van der Waals surface area contributed by atoms with Gasteiger partial charge in [-0.25, -0.2) is 15.0 Å².